The summed E-state index contributed by atoms with van der Waals surface area (Å²) in [5.74, 6) is -4.83. The highest BCUT2D eigenvalue weighted by atomic mass is 32.2. The van der Waals surface area contributed by atoms with E-state index in [0.29, 0.717) is 16.8 Å². The fourth-order valence-electron chi connectivity index (χ4n) is 2.14. The lowest BCUT2D eigenvalue weighted by Crippen LogP contribution is -2.29. The summed E-state index contributed by atoms with van der Waals surface area (Å²) in [5, 5.41) is 7.19. The third kappa shape index (κ3) is 4.45. The molecule has 0 unspecified atom stereocenters. The third-order valence-corrected chi connectivity index (χ3v) is 5.45. The van der Waals surface area contributed by atoms with E-state index < -0.39 is 27.7 Å². The van der Waals surface area contributed by atoms with E-state index in [1.165, 1.54) is 24.4 Å². The van der Waals surface area contributed by atoms with Gasteiger partial charge in [-0.3, -0.25) is 4.31 Å². The number of thiazole rings is 1. The minimum absolute atomic E-state index is 0.139. The first-order chi connectivity index (χ1) is 12.5. The van der Waals surface area contributed by atoms with Crippen LogP contribution >= 0.6 is 11.3 Å². The Morgan fingerprint density at radius 3 is 2.63 bits per heavy atom. The molecule has 27 heavy (non-hydrogen) atoms. The lowest BCUT2D eigenvalue weighted by molar-refractivity contribution is -0.0105. The standard InChI is InChI=1S/C15H13F3N4O3S2/c1-15(17,18)14-21-20-13(25-14)11-7-19-12(26-11)8-22(27(2,23)24)10-5-3-4-9(16)6-10/h3-7H,8H2,1-2H3. The van der Waals surface area contributed by atoms with E-state index in [1.807, 2.05) is 0 Å². The highest BCUT2D eigenvalue weighted by Crippen LogP contribution is 2.31. The zero-order valence-electron chi connectivity index (χ0n) is 14.1. The molecule has 2 heterocycles. The van der Waals surface area contributed by atoms with Crippen molar-refractivity contribution in [2.45, 2.75) is 19.4 Å². The summed E-state index contributed by atoms with van der Waals surface area (Å²) in [6.45, 7) is 0.462. The molecule has 0 aliphatic carbocycles. The zero-order valence-corrected chi connectivity index (χ0v) is 15.7. The molecule has 0 atom stereocenters. The molecule has 0 saturated carbocycles. The zero-order chi connectivity index (χ0) is 19.8. The molecule has 0 aliphatic rings. The Morgan fingerprint density at radius 2 is 2.04 bits per heavy atom. The average Bonchev–Trinajstić information content (AvgIpc) is 3.20. The van der Waals surface area contributed by atoms with Crippen LogP contribution in [0.2, 0.25) is 0 Å². The van der Waals surface area contributed by atoms with Gasteiger partial charge in [-0.05, 0) is 18.2 Å². The van der Waals surface area contributed by atoms with E-state index >= 15 is 0 Å². The van der Waals surface area contributed by atoms with Gasteiger partial charge in [0.25, 0.3) is 11.8 Å². The number of alkyl halides is 2. The van der Waals surface area contributed by atoms with E-state index in [-0.39, 0.29) is 18.1 Å². The van der Waals surface area contributed by atoms with Crippen LogP contribution in [0.3, 0.4) is 0 Å². The fourth-order valence-corrected chi connectivity index (χ4v) is 3.90. The van der Waals surface area contributed by atoms with Crippen molar-refractivity contribution in [3.05, 3.63) is 47.2 Å². The maximum Gasteiger partial charge on any atom is 0.321 e. The van der Waals surface area contributed by atoms with Crippen LogP contribution in [0, 0.1) is 5.82 Å². The molecule has 0 spiro atoms. The van der Waals surface area contributed by atoms with Crippen LogP contribution < -0.4 is 4.31 Å². The Hall–Kier alpha value is -2.47. The van der Waals surface area contributed by atoms with Crippen molar-refractivity contribution >= 4 is 27.0 Å². The van der Waals surface area contributed by atoms with Crippen LogP contribution in [0.5, 0.6) is 0 Å². The van der Waals surface area contributed by atoms with Gasteiger partial charge in [-0.15, -0.1) is 21.5 Å². The van der Waals surface area contributed by atoms with Crippen LogP contribution in [-0.2, 0) is 22.5 Å². The number of hydrogen-bond acceptors (Lipinski definition) is 7. The Balaban J connectivity index is 1.88. The van der Waals surface area contributed by atoms with Crippen LogP contribution in [0.15, 0.2) is 34.9 Å². The smallest absolute Gasteiger partial charge is 0.321 e. The minimum Gasteiger partial charge on any atom is -0.414 e. The highest BCUT2D eigenvalue weighted by Gasteiger charge is 2.32. The molecule has 1 aromatic carbocycles. The first-order valence-corrected chi connectivity index (χ1v) is 10.1. The molecule has 0 N–H and O–H groups in total. The van der Waals surface area contributed by atoms with Gasteiger partial charge in [0.2, 0.25) is 10.0 Å². The molecule has 144 valence electrons. The molecule has 3 rings (SSSR count). The van der Waals surface area contributed by atoms with Gasteiger partial charge in [-0.2, -0.15) is 8.78 Å². The summed E-state index contributed by atoms with van der Waals surface area (Å²) in [5.41, 5.74) is 0.139. The molecule has 3 aromatic rings. The predicted octanol–water partition coefficient (Wildman–Crippen LogP) is 3.41. The second kappa shape index (κ2) is 6.93. The molecular formula is C15H13F3N4O3S2. The summed E-state index contributed by atoms with van der Waals surface area (Å²) in [7, 11) is -3.72. The van der Waals surface area contributed by atoms with E-state index in [0.717, 1.165) is 28.0 Å². The van der Waals surface area contributed by atoms with Crippen LogP contribution in [0.1, 0.15) is 17.8 Å². The van der Waals surface area contributed by atoms with Crippen LogP contribution in [0.25, 0.3) is 10.8 Å². The molecule has 0 amide bonds. The van der Waals surface area contributed by atoms with E-state index in [4.69, 9.17) is 4.42 Å². The second-order valence-electron chi connectivity index (χ2n) is 5.67. The largest absolute Gasteiger partial charge is 0.414 e. The van der Waals surface area contributed by atoms with Crippen molar-refractivity contribution in [3.63, 3.8) is 0 Å². The van der Waals surface area contributed by atoms with Gasteiger partial charge in [0.05, 0.1) is 24.7 Å². The summed E-state index contributed by atoms with van der Waals surface area (Å²) < 4.78 is 70.0. The molecule has 0 aliphatic heterocycles. The molecule has 0 radical (unpaired) electrons. The van der Waals surface area contributed by atoms with E-state index in [1.54, 1.807) is 0 Å². The second-order valence-corrected chi connectivity index (χ2v) is 8.69. The summed E-state index contributed by atoms with van der Waals surface area (Å²) >= 11 is 1.00. The fraction of sp³-hybridized carbons (Fsp3) is 0.267. The number of benzene rings is 1. The third-order valence-electron chi connectivity index (χ3n) is 3.34. The average molecular weight is 418 g/mol. The molecule has 0 saturated heterocycles. The minimum atomic E-state index is -3.72. The first kappa shape index (κ1) is 19.3. The summed E-state index contributed by atoms with van der Waals surface area (Å²) in [4.78, 5) is 4.37. The van der Waals surface area contributed by atoms with Crippen molar-refractivity contribution < 1.29 is 26.0 Å². The first-order valence-electron chi connectivity index (χ1n) is 7.44. The number of hydrogen-bond donors (Lipinski definition) is 0. The van der Waals surface area contributed by atoms with Crippen LogP contribution in [-0.4, -0.2) is 29.9 Å². The summed E-state index contributed by atoms with van der Waals surface area (Å²) in [6, 6.07) is 5.12. The normalized spacial score (nSPS) is 12.3. The lowest BCUT2D eigenvalue weighted by atomic mass is 10.3. The monoisotopic (exact) mass is 418 g/mol. The molecule has 12 heteroatoms. The molecule has 0 bridgehead atoms. The summed E-state index contributed by atoms with van der Waals surface area (Å²) in [6.07, 6.45) is 2.30. The Labute approximate surface area is 156 Å². The Bertz CT molecular complexity index is 1060. The lowest BCUT2D eigenvalue weighted by Gasteiger charge is -2.21. The Kier molecular flexibility index (Phi) is 4.95. The predicted molar refractivity (Wildman–Crippen MR) is 92.4 cm³/mol. The topological polar surface area (TPSA) is 89.2 Å². The number of sulfonamides is 1. The quantitative estimate of drug-likeness (QED) is 0.610. The number of aromatic nitrogens is 3. The number of nitrogens with zero attached hydrogens (tertiary/aromatic N) is 4. The van der Waals surface area contributed by atoms with Gasteiger partial charge in [0, 0.05) is 6.92 Å². The van der Waals surface area contributed by atoms with Gasteiger partial charge in [-0.1, -0.05) is 6.07 Å². The van der Waals surface area contributed by atoms with Crippen molar-refractivity contribution in [2.75, 3.05) is 10.6 Å². The maximum atomic E-state index is 13.5. The van der Waals surface area contributed by atoms with Gasteiger partial charge in [0.15, 0.2) is 0 Å². The van der Waals surface area contributed by atoms with Crippen molar-refractivity contribution in [2.24, 2.45) is 0 Å². The maximum absolute atomic E-state index is 13.5. The van der Waals surface area contributed by atoms with E-state index in [9.17, 15) is 21.6 Å². The Morgan fingerprint density at radius 1 is 1.30 bits per heavy atom. The van der Waals surface area contributed by atoms with Crippen molar-refractivity contribution in [1.29, 1.82) is 0 Å². The number of anilines is 1. The van der Waals surface area contributed by atoms with Crippen molar-refractivity contribution in [3.8, 4) is 10.8 Å². The van der Waals surface area contributed by atoms with Gasteiger partial charge >= 0.3 is 5.92 Å². The number of halogens is 3. The van der Waals surface area contributed by atoms with Gasteiger partial charge in [-0.25, -0.2) is 17.8 Å². The molecule has 0 fully saturated rings. The molecule has 7 nitrogen and oxygen atoms in total. The number of rotatable bonds is 6. The molecular weight excluding hydrogens is 405 g/mol. The van der Waals surface area contributed by atoms with E-state index in [2.05, 4.69) is 15.2 Å². The van der Waals surface area contributed by atoms with Gasteiger partial charge < -0.3 is 4.42 Å². The SMILES string of the molecule is CC(F)(F)c1nnc(-c2cnc(CN(c3cccc(F)c3)S(C)(=O)=O)s2)o1. The van der Waals surface area contributed by atoms with Gasteiger partial charge in [0.1, 0.15) is 15.7 Å². The highest BCUT2D eigenvalue weighted by molar-refractivity contribution is 7.92. The van der Waals surface area contributed by atoms with Crippen molar-refractivity contribution in [1.82, 2.24) is 15.2 Å². The van der Waals surface area contributed by atoms with Crippen LogP contribution in [0.4, 0.5) is 18.9 Å². The molecule has 2 aromatic heterocycles.